The number of nitrogens with two attached hydrogens (primary N) is 1. The lowest BCUT2D eigenvalue weighted by atomic mass is 10.1. The summed E-state index contributed by atoms with van der Waals surface area (Å²) in [6.07, 6.45) is 3.52. The molecular formula is C11H14FNO. The van der Waals surface area contributed by atoms with Crippen LogP contribution in [-0.2, 0) is 0 Å². The Labute approximate surface area is 83.2 Å². The number of benzene rings is 1. The van der Waals surface area contributed by atoms with Crippen LogP contribution in [-0.4, -0.2) is 13.7 Å². The Hall–Kier alpha value is -1.35. The smallest absolute Gasteiger partial charge is 0.129 e. The highest BCUT2D eigenvalue weighted by atomic mass is 19.1. The van der Waals surface area contributed by atoms with E-state index in [2.05, 4.69) is 0 Å². The van der Waals surface area contributed by atoms with Gasteiger partial charge in [-0.1, -0.05) is 12.2 Å². The summed E-state index contributed by atoms with van der Waals surface area (Å²) in [5, 5.41) is 0. The van der Waals surface area contributed by atoms with E-state index < -0.39 is 0 Å². The van der Waals surface area contributed by atoms with Crippen LogP contribution in [0.3, 0.4) is 0 Å². The van der Waals surface area contributed by atoms with Crippen LogP contribution in [0.4, 0.5) is 4.39 Å². The van der Waals surface area contributed by atoms with Gasteiger partial charge in [-0.15, -0.1) is 0 Å². The molecule has 3 heteroatoms. The molecule has 0 aliphatic carbocycles. The summed E-state index contributed by atoms with van der Waals surface area (Å²) < 4.78 is 18.2. The molecule has 1 aromatic carbocycles. The Balaban J connectivity index is 3.18. The standard InChI is InChI=1S/C11H14FNO/c1-8-6-10(12)7-9(4-3-5-13)11(8)14-2/h3-4,6-7H,5,13H2,1-2H3/b4-3+. The highest BCUT2D eigenvalue weighted by Crippen LogP contribution is 2.25. The van der Waals surface area contributed by atoms with E-state index in [1.807, 2.05) is 6.92 Å². The zero-order chi connectivity index (χ0) is 10.6. The molecule has 0 saturated heterocycles. The molecule has 0 aliphatic heterocycles. The zero-order valence-corrected chi connectivity index (χ0v) is 8.38. The largest absolute Gasteiger partial charge is 0.496 e. The van der Waals surface area contributed by atoms with Gasteiger partial charge >= 0.3 is 0 Å². The van der Waals surface area contributed by atoms with Gasteiger partial charge < -0.3 is 10.5 Å². The molecule has 0 fully saturated rings. The molecule has 0 radical (unpaired) electrons. The molecule has 76 valence electrons. The predicted octanol–water partition coefficient (Wildman–Crippen LogP) is 2.11. The van der Waals surface area contributed by atoms with E-state index in [1.165, 1.54) is 12.1 Å². The van der Waals surface area contributed by atoms with E-state index in [9.17, 15) is 4.39 Å². The summed E-state index contributed by atoms with van der Waals surface area (Å²) in [7, 11) is 1.57. The summed E-state index contributed by atoms with van der Waals surface area (Å²) >= 11 is 0. The third kappa shape index (κ3) is 2.33. The third-order valence-electron chi connectivity index (χ3n) is 1.91. The van der Waals surface area contributed by atoms with E-state index in [0.717, 1.165) is 11.1 Å². The van der Waals surface area contributed by atoms with Gasteiger partial charge in [0.25, 0.3) is 0 Å². The highest BCUT2D eigenvalue weighted by Gasteiger charge is 2.05. The molecule has 1 rings (SSSR count). The molecule has 0 atom stereocenters. The van der Waals surface area contributed by atoms with E-state index in [4.69, 9.17) is 10.5 Å². The number of rotatable bonds is 3. The SMILES string of the molecule is COc1c(C)cc(F)cc1/C=C/CN. The number of halogens is 1. The summed E-state index contributed by atoms with van der Waals surface area (Å²) in [5.41, 5.74) is 6.82. The Morgan fingerprint density at radius 2 is 2.21 bits per heavy atom. The molecular weight excluding hydrogens is 181 g/mol. The molecule has 1 aromatic rings. The average molecular weight is 195 g/mol. The van der Waals surface area contributed by atoms with Crippen molar-refractivity contribution in [3.63, 3.8) is 0 Å². The average Bonchev–Trinajstić information content (AvgIpc) is 2.14. The van der Waals surface area contributed by atoms with Gasteiger partial charge in [0, 0.05) is 12.1 Å². The van der Waals surface area contributed by atoms with Crippen LogP contribution in [0.25, 0.3) is 6.08 Å². The molecule has 0 bridgehead atoms. The minimum atomic E-state index is -0.264. The summed E-state index contributed by atoms with van der Waals surface area (Å²) in [4.78, 5) is 0. The lowest BCUT2D eigenvalue weighted by Crippen LogP contribution is -1.95. The fraction of sp³-hybridized carbons (Fsp3) is 0.273. The molecule has 0 amide bonds. The Morgan fingerprint density at radius 3 is 2.79 bits per heavy atom. The van der Waals surface area contributed by atoms with Gasteiger partial charge in [0.1, 0.15) is 11.6 Å². The van der Waals surface area contributed by atoms with Crippen molar-refractivity contribution in [2.45, 2.75) is 6.92 Å². The molecule has 14 heavy (non-hydrogen) atoms. The van der Waals surface area contributed by atoms with Crippen molar-refractivity contribution in [3.05, 3.63) is 35.2 Å². The van der Waals surface area contributed by atoms with Crippen LogP contribution in [0.1, 0.15) is 11.1 Å². The van der Waals surface area contributed by atoms with Gasteiger partial charge in [0.2, 0.25) is 0 Å². The molecule has 0 spiro atoms. The predicted molar refractivity (Wildman–Crippen MR) is 55.8 cm³/mol. The first-order valence-corrected chi connectivity index (χ1v) is 4.39. The molecule has 0 aliphatic rings. The third-order valence-corrected chi connectivity index (χ3v) is 1.91. The Morgan fingerprint density at radius 1 is 1.50 bits per heavy atom. The first kappa shape index (κ1) is 10.7. The van der Waals surface area contributed by atoms with Crippen LogP contribution in [0.2, 0.25) is 0 Å². The van der Waals surface area contributed by atoms with E-state index in [1.54, 1.807) is 19.3 Å². The van der Waals surface area contributed by atoms with Crippen molar-refractivity contribution in [2.24, 2.45) is 5.73 Å². The minimum Gasteiger partial charge on any atom is -0.496 e. The van der Waals surface area contributed by atoms with Gasteiger partial charge in [-0.2, -0.15) is 0 Å². The topological polar surface area (TPSA) is 35.2 Å². The summed E-state index contributed by atoms with van der Waals surface area (Å²) in [5.74, 6) is 0.427. The molecule has 2 nitrogen and oxygen atoms in total. The van der Waals surface area contributed by atoms with E-state index in [0.29, 0.717) is 12.3 Å². The van der Waals surface area contributed by atoms with Crippen molar-refractivity contribution in [2.75, 3.05) is 13.7 Å². The van der Waals surface area contributed by atoms with Gasteiger partial charge in [-0.3, -0.25) is 0 Å². The minimum absolute atomic E-state index is 0.264. The van der Waals surface area contributed by atoms with Crippen LogP contribution in [0.15, 0.2) is 18.2 Å². The Bertz CT molecular complexity index is 347. The van der Waals surface area contributed by atoms with Crippen molar-refractivity contribution < 1.29 is 9.13 Å². The lowest BCUT2D eigenvalue weighted by molar-refractivity contribution is 0.409. The van der Waals surface area contributed by atoms with Crippen molar-refractivity contribution in [1.82, 2.24) is 0 Å². The number of methoxy groups -OCH3 is 1. The van der Waals surface area contributed by atoms with Crippen LogP contribution >= 0.6 is 0 Å². The highest BCUT2D eigenvalue weighted by molar-refractivity contribution is 5.60. The maximum absolute atomic E-state index is 13.1. The summed E-state index contributed by atoms with van der Waals surface area (Å²) in [6.45, 7) is 2.24. The molecule has 0 unspecified atom stereocenters. The second-order valence-corrected chi connectivity index (χ2v) is 2.98. The quantitative estimate of drug-likeness (QED) is 0.801. The lowest BCUT2D eigenvalue weighted by Gasteiger charge is -2.08. The fourth-order valence-electron chi connectivity index (χ4n) is 1.35. The number of hydrogen-bond donors (Lipinski definition) is 1. The van der Waals surface area contributed by atoms with Crippen LogP contribution < -0.4 is 10.5 Å². The van der Waals surface area contributed by atoms with Gasteiger partial charge in [0.05, 0.1) is 7.11 Å². The first-order chi connectivity index (χ1) is 6.69. The monoisotopic (exact) mass is 195 g/mol. The van der Waals surface area contributed by atoms with Gasteiger partial charge in [-0.25, -0.2) is 4.39 Å². The molecule has 0 aromatic heterocycles. The van der Waals surface area contributed by atoms with Crippen molar-refractivity contribution in [3.8, 4) is 5.75 Å². The fourth-order valence-corrected chi connectivity index (χ4v) is 1.35. The first-order valence-electron chi connectivity index (χ1n) is 4.39. The maximum atomic E-state index is 13.1. The van der Waals surface area contributed by atoms with Crippen molar-refractivity contribution >= 4 is 6.08 Å². The Kier molecular flexibility index (Phi) is 3.65. The maximum Gasteiger partial charge on any atom is 0.129 e. The van der Waals surface area contributed by atoms with E-state index >= 15 is 0 Å². The van der Waals surface area contributed by atoms with Crippen LogP contribution in [0.5, 0.6) is 5.75 Å². The second-order valence-electron chi connectivity index (χ2n) is 2.98. The number of ether oxygens (including phenoxy) is 1. The molecule has 0 saturated carbocycles. The van der Waals surface area contributed by atoms with Gasteiger partial charge in [0.15, 0.2) is 0 Å². The summed E-state index contributed by atoms with van der Waals surface area (Å²) in [6, 6.07) is 2.87. The van der Waals surface area contributed by atoms with E-state index in [-0.39, 0.29) is 5.82 Å². The molecule has 0 heterocycles. The molecule has 2 N–H and O–H groups in total. The van der Waals surface area contributed by atoms with Crippen molar-refractivity contribution in [1.29, 1.82) is 0 Å². The second kappa shape index (κ2) is 4.77. The number of aryl methyl sites for hydroxylation is 1. The van der Waals surface area contributed by atoms with Gasteiger partial charge in [-0.05, 0) is 24.6 Å². The normalized spacial score (nSPS) is 10.9. The number of hydrogen-bond acceptors (Lipinski definition) is 2. The van der Waals surface area contributed by atoms with Crippen LogP contribution in [0, 0.1) is 12.7 Å². The zero-order valence-electron chi connectivity index (χ0n) is 8.38.